The van der Waals surface area contributed by atoms with Gasteiger partial charge in [0.15, 0.2) is 0 Å². The molecule has 1 aliphatic rings. The first kappa shape index (κ1) is 6.96. The summed E-state index contributed by atoms with van der Waals surface area (Å²) in [6, 6.07) is 0. The monoisotopic (exact) mass is 94.0 g/mol. The first-order valence-electron chi connectivity index (χ1n) is 1.93. The average Bonchev–Trinajstić information content (AvgIpc) is 1.76. The van der Waals surface area contributed by atoms with Crippen LogP contribution in [0.1, 0.15) is 12.8 Å². The second kappa shape index (κ2) is 4.13. The third-order valence-corrected chi connectivity index (χ3v) is 0.702. The molecule has 1 heterocycles. The van der Waals surface area contributed by atoms with Gasteiger partial charge in [-0.25, -0.2) is 6.61 Å². The maximum atomic E-state index is 4.82. The van der Waals surface area contributed by atoms with Gasteiger partial charge in [-0.15, -0.1) is 0 Å². The van der Waals surface area contributed by atoms with Gasteiger partial charge in [-0.05, 0) is 0 Å². The van der Waals surface area contributed by atoms with Crippen molar-refractivity contribution in [1.82, 2.24) is 0 Å². The van der Waals surface area contributed by atoms with Crippen LogP contribution in [-0.2, 0) is 4.74 Å². The van der Waals surface area contributed by atoms with E-state index in [4.69, 9.17) is 4.74 Å². The van der Waals surface area contributed by atoms with Crippen molar-refractivity contribution in [2.45, 2.75) is 12.8 Å². The Kier molecular flexibility index (Phi) is 4.79. The third-order valence-electron chi connectivity index (χ3n) is 0.702. The SMILES string of the molecule is [CH-]1CCCO1.[Na+]. The number of hydrogen-bond donors (Lipinski definition) is 0. The predicted octanol–water partition coefficient (Wildman–Crippen LogP) is -2.04. The van der Waals surface area contributed by atoms with Crippen LogP contribution in [0.5, 0.6) is 0 Å². The van der Waals surface area contributed by atoms with Crippen molar-refractivity contribution >= 4 is 0 Å². The number of ether oxygens (including phenoxy) is 1. The summed E-state index contributed by atoms with van der Waals surface area (Å²) in [6.07, 6.45) is 2.38. The normalized spacial score (nSPS) is 20.0. The van der Waals surface area contributed by atoms with E-state index in [0.717, 1.165) is 13.0 Å². The van der Waals surface area contributed by atoms with Crippen LogP contribution in [0.15, 0.2) is 0 Å². The molecule has 0 aromatic carbocycles. The van der Waals surface area contributed by atoms with Crippen molar-refractivity contribution < 1.29 is 34.3 Å². The summed E-state index contributed by atoms with van der Waals surface area (Å²) < 4.78 is 4.82. The largest absolute Gasteiger partial charge is 1.00 e. The Hall–Kier alpha value is 0.960. The molecule has 0 aromatic heterocycles. The van der Waals surface area contributed by atoms with Gasteiger partial charge in [0.05, 0.1) is 0 Å². The molecule has 2 heteroatoms. The van der Waals surface area contributed by atoms with Crippen molar-refractivity contribution in [2.75, 3.05) is 6.61 Å². The van der Waals surface area contributed by atoms with Crippen molar-refractivity contribution in [3.63, 3.8) is 0 Å². The molecule has 1 nitrogen and oxygen atoms in total. The maximum Gasteiger partial charge on any atom is 1.00 e. The van der Waals surface area contributed by atoms with E-state index >= 15 is 0 Å². The Labute approximate surface area is 60.4 Å². The molecule has 0 aliphatic carbocycles. The molecule has 0 saturated carbocycles. The van der Waals surface area contributed by atoms with Gasteiger partial charge in [-0.2, -0.15) is 6.42 Å². The van der Waals surface area contributed by atoms with E-state index in [0.29, 0.717) is 0 Å². The second-order valence-corrected chi connectivity index (χ2v) is 1.18. The average molecular weight is 94.1 g/mol. The molecule has 1 saturated heterocycles. The summed E-state index contributed by atoms with van der Waals surface area (Å²) in [5.74, 6) is 0. The van der Waals surface area contributed by atoms with Gasteiger partial charge in [0, 0.05) is 6.61 Å². The van der Waals surface area contributed by atoms with E-state index < -0.39 is 0 Å². The molecule has 1 rings (SSSR count). The van der Waals surface area contributed by atoms with Crippen LogP contribution in [-0.4, -0.2) is 6.61 Å². The van der Waals surface area contributed by atoms with Crippen molar-refractivity contribution in [3.05, 3.63) is 6.61 Å². The van der Waals surface area contributed by atoms with E-state index in [-0.39, 0.29) is 29.6 Å². The smallest absolute Gasteiger partial charge is 0.552 e. The van der Waals surface area contributed by atoms with Gasteiger partial charge >= 0.3 is 29.6 Å². The Morgan fingerprint density at radius 2 is 2.33 bits per heavy atom. The van der Waals surface area contributed by atoms with Crippen LogP contribution >= 0.6 is 0 Å². The molecule has 1 aliphatic heterocycles. The molecule has 0 radical (unpaired) electrons. The molecule has 30 valence electrons. The summed E-state index contributed by atoms with van der Waals surface area (Å²) >= 11 is 0. The van der Waals surface area contributed by atoms with E-state index in [2.05, 4.69) is 0 Å². The van der Waals surface area contributed by atoms with Crippen molar-refractivity contribution in [3.8, 4) is 0 Å². The molecule has 0 aromatic rings. The van der Waals surface area contributed by atoms with Gasteiger partial charge in [0.2, 0.25) is 0 Å². The summed E-state index contributed by atoms with van der Waals surface area (Å²) in [6.45, 7) is 2.81. The summed E-state index contributed by atoms with van der Waals surface area (Å²) in [7, 11) is 0. The Morgan fingerprint density at radius 1 is 1.50 bits per heavy atom. The number of rotatable bonds is 0. The van der Waals surface area contributed by atoms with Gasteiger partial charge in [-0.1, -0.05) is 6.42 Å². The zero-order valence-electron chi connectivity index (χ0n) is 4.11. The van der Waals surface area contributed by atoms with Crippen LogP contribution in [0.4, 0.5) is 0 Å². The summed E-state index contributed by atoms with van der Waals surface area (Å²) in [5.41, 5.74) is 0. The Bertz CT molecular complexity index is 19.1. The minimum Gasteiger partial charge on any atom is -0.552 e. The van der Waals surface area contributed by atoms with E-state index in [1.807, 2.05) is 6.61 Å². The van der Waals surface area contributed by atoms with Crippen LogP contribution in [0.25, 0.3) is 0 Å². The van der Waals surface area contributed by atoms with Crippen molar-refractivity contribution in [1.29, 1.82) is 0 Å². The molecule has 6 heavy (non-hydrogen) atoms. The minimum absolute atomic E-state index is 0. The van der Waals surface area contributed by atoms with Crippen LogP contribution in [0.3, 0.4) is 0 Å². The summed E-state index contributed by atoms with van der Waals surface area (Å²) in [5, 5.41) is 0. The van der Waals surface area contributed by atoms with Gasteiger partial charge in [0.1, 0.15) is 0 Å². The number of hydrogen-bond acceptors (Lipinski definition) is 1. The quantitative estimate of drug-likeness (QED) is 0.248. The van der Waals surface area contributed by atoms with Crippen molar-refractivity contribution in [2.24, 2.45) is 0 Å². The van der Waals surface area contributed by atoms with E-state index in [9.17, 15) is 0 Å². The fourth-order valence-corrected chi connectivity index (χ4v) is 0.417. The first-order chi connectivity index (χ1) is 2.50. The van der Waals surface area contributed by atoms with Gasteiger partial charge < -0.3 is 4.74 Å². The van der Waals surface area contributed by atoms with Gasteiger partial charge in [-0.3, -0.25) is 0 Å². The minimum atomic E-state index is 0. The topological polar surface area (TPSA) is 9.23 Å². The molecule has 0 unspecified atom stereocenters. The third kappa shape index (κ3) is 2.19. The van der Waals surface area contributed by atoms with Crippen LogP contribution < -0.4 is 29.6 Å². The van der Waals surface area contributed by atoms with E-state index in [1.165, 1.54) is 6.42 Å². The fourth-order valence-electron chi connectivity index (χ4n) is 0.417. The fraction of sp³-hybridized carbons (Fsp3) is 0.750. The van der Waals surface area contributed by atoms with Gasteiger partial charge in [0.25, 0.3) is 0 Å². The summed E-state index contributed by atoms with van der Waals surface area (Å²) in [4.78, 5) is 0. The molecule has 0 spiro atoms. The molecule has 1 fully saturated rings. The molecular weight excluding hydrogens is 87.0 g/mol. The second-order valence-electron chi connectivity index (χ2n) is 1.18. The zero-order valence-corrected chi connectivity index (χ0v) is 6.11. The molecule has 0 atom stereocenters. The maximum absolute atomic E-state index is 4.82. The molecule has 0 N–H and O–H groups in total. The Morgan fingerprint density at radius 3 is 2.50 bits per heavy atom. The predicted molar refractivity (Wildman–Crippen MR) is 19.5 cm³/mol. The van der Waals surface area contributed by atoms with E-state index in [1.54, 1.807) is 0 Å². The first-order valence-corrected chi connectivity index (χ1v) is 1.93. The standard InChI is InChI=1S/C4H7O.Na/c1-2-4-5-3-1;/h3H,1-2,4H2;/q-1;+1. The zero-order chi connectivity index (χ0) is 3.54. The Balaban J connectivity index is 0.000000250. The molecular formula is C4H7NaO. The molecule has 0 bridgehead atoms. The van der Waals surface area contributed by atoms with Crippen LogP contribution in [0, 0.1) is 6.61 Å². The van der Waals surface area contributed by atoms with Crippen LogP contribution in [0.2, 0.25) is 0 Å². The molecule has 0 amide bonds.